The van der Waals surface area contributed by atoms with Gasteiger partial charge < -0.3 is 15.4 Å². The van der Waals surface area contributed by atoms with E-state index in [1.807, 2.05) is 6.07 Å². The Balaban J connectivity index is 2.13. The zero-order valence-corrected chi connectivity index (χ0v) is 13.8. The third-order valence-electron chi connectivity index (χ3n) is 2.87. The van der Waals surface area contributed by atoms with Gasteiger partial charge in [0.05, 0.1) is 12.5 Å². The molecule has 0 aliphatic heterocycles. The number of esters is 1. The van der Waals surface area contributed by atoms with Crippen LogP contribution in [-0.2, 0) is 14.3 Å². The number of nitrogens with zero attached hydrogens (tertiary/aromatic N) is 1. The monoisotopic (exact) mass is 351 g/mol. The second-order valence-corrected chi connectivity index (χ2v) is 5.22. The van der Waals surface area contributed by atoms with E-state index in [1.165, 1.54) is 0 Å². The van der Waals surface area contributed by atoms with Gasteiger partial charge in [-0.3, -0.25) is 14.4 Å². The summed E-state index contributed by atoms with van der Waals surface area (Å²) in [6.07, 6.45) is 0.688. The molecule has 2 amide bonds. The second kappa shape index (κ2) is 11.0. The average molecular weight is 352 g/mol. The number of benzene rings is 1. The van der Waals surface area contributed by atoms with Crippen molar-refractivity contribution in [3.05, 3.63) is 34.9 Å². The van der Waals surface area contributed by atoms with Gasteiger partial charge in [0.1, 0.15) is 0 Å². The fourth-order valence-electron chi connectivity index (χ4n) is 1.67. The van der Waals surface area contributed by atoms with Crippen molar-refractivity contribution in [2.75, 3.05) is 19.7 Å². The number of carbonyl (C=O) groups is 3. The topological polar surface area (TPSA) is 108 Å². The Kier molecular flexibility index (Phi) is 8.94. The van der Waals surface area contributed by atoms with Crippen LogP contribution in [0.1, 0.15) is 29.6 Å². The van der Waals surface area contributed by atoms with Crippen molar-refractivity contribution in [3.8, 4) is 6.07 Å². The molecule has 0 radical (unpaired) electrons. The molecule has 1 rings (SSSR count). The molecule has 128 valence electrons. The van der Waals surface area contributed by atoms with Crippen LogP contribution in [0, 0.1) is 11.3 Å². The molecule has 0 heterocycles. The highest BCUT2D eigenvalue weighted by Crippen LogP contribution is 2.09. The molecule has 0 unspecified atom stereocenters. The predicted molar refractivity (Wildman–Crippen MR) is 87.2 cm³/mol. The average Bonchev–Trinajstić information content (AvgIpc) is 2.57. The summed E-state index contributed by atoms with van der Waals surface area (Å²) in [5, 5.41) is 14.0. The van der Waals surface area contributed by atoms with Gasteiger partial charge in [0.15, 0.2) is 6.61 Å². The molecule has 7 nitrogen and oxygen atoms in total. The van der Waals surface area contributed by atoms with E-state index in [1.54, 1.807) is 24.3 Å². The van der Waals surface area contributed by atoms with Crippen molar-refractivity contribution >= 4 is 29.4 Å². The van der Waals surface area contributed by atoms with Gasteiger partial charge in [-0.25, -0.2) is 0 Å². The number of hydrogen-bond donors (Lipinski definition) is 2. The number of ether oxygens (including phenoxy) is 1. The highest BCUT2D eigenvalue weighted by atomic mass is 35.5. The fourth-order valence-corrected chi connectivity index (χ4v) is 1.79. The summed E-state index contributed by atoms with van der Waals surface area (Å²) in [5.74, 6) is -1.22. The minimum Gasteiger partial charge on any atom is -0.456 e. The standard InChI is InChI=1S/C16H18ClN3O4/c17-13-6-4-12(5-7-13)16(23)20-9-1-3-15(22)24-11-14(21)19-10-2-8-18/h4-7H,1-3,9-11H2,(H,19,21)(H,20,23). The van der Waals surface area contributed by atoms with Crippen molar-refractivity contribution in [1.82, 2.24) is 10.6 Å². The molecule has 0 saturated heterocycles. The minimum absolute atomic E-state index is 0.0897. The first-order valence-corrected chi connectivity index (χ1v) is 7.73. The van der Waals surface area contributed by atoms with Gasteiger partial charge in [0, 0.05) is 30.1 Å². The number of rotatable bonds is 9. The maximum atomic E-state index is 11.8. The Labute approximate surface area is 144 Å². The molecule has 1 aromatic rings. The van der Waals surface area contributed by atoms with Crippen LogP contribution in [0.25, 0.3) is 0 Å². The molecule has 1 aromatic carbocycles. The van der Waals surface area contributed by atoms with Crippen molar-refractivity contribution in [3.63, 3.8) is 0 Å². The van der Waals surface area contributed by atoms with E-state index < -0.39 is 11.9 Å². The first kappa shape index (κ1) is 19.5. The van der Waals surface area contributed by atoms with Gasteiger partial charge in [0.25, 0.3) is 11.8 Å². The van der Waals surface area contributed by atoms with Gasteiger partial charge in [-0.2, -0.15) is 5.26 Å². The summed E-state index contributed by atoms with van der Waals surface area (Å²) in [7, 11) is 0. The summed E-state index contributed by atoms with van der Waals surface area (Å²) in [6, 6.07) is 8.34. The molecule has 0 aromatic heterocycles. The smallest absolute Gasteiger partial charge is 0.306 e. The second-order valence-electron chi connectivity index (χ2n) is 4.79. The molecule has 0 fully saturated rings. The largest absolute Gasteiger partial charge is 0.456 e. The first-order valence-electron chi connectivity index (χ1n) is 7.36. The lowest BCUT2D eigenvalue weighted by atomic mass is 10.2. The van der Waals surface area contributed by atoms with E-state index >= 15 is 0 Å². The van der Waals surface area contributed by atoms with Gasteiger partial charge >= 0.3 is 5.97 Å². The third-order valence-corrected chi connectivity index (χ3v) is 3.12. The van der Waals surface area contributed by atoms with Crippen LogP contribution in [0.5, 0.6) is 0 Å². The third kappa shape index (κ3) is 8.15. The molecule has 0 spiro atoms. The maximum Gasteiger partial charge on any atom is 0.306 e. The highest BCUT2D eigenvalue weighted by Gasteiger charge is 2.08. The number of halogens is 1. The number of carbonyl (C=O) groups excluding carboxylic acids is 3. The van der Waals surface area contributed by atoms with Crippen molar-refractivity contribution in [1.29, 1.82) is 5.26 Å². The van der Waals surface area contributed by atoms with Crippen LogP contribution in [0.15, 0.2) is 24.3 Å². The van der Waals surface area contributed by atoms with E-state index in [9.17, 15) is 14.4 Å². The molecule has 8 heteroatoms. The van der Waals surface area contributed by atoms with Crippen LogP contribution in [0.3, 0.4) is 0 Å². The number of nitrogens with one attached hydrogen (secondary N) is 2. The van der Waals surface area contributed by atoms with E-state index in [4.69, 9.17) is 21.6 Å². The lowest BCUT2D eigenvalue weighted by molar-refractivity contribution is -0.148. The number of amides is 2. The number of hydrogen-bond acceptors (Lipinski definition) is 5. The predicted octanol–water partition coefficient (Wildman–Crippen LogP) is 1.42. The van der Waals surface area contributed by atoms with E-state index in [0.717, 1.165) is 0 Å². The normalized spacial score (nSPS) is 9.67. The molecule has 0 saturated carbocycles. The molecular formula is C16H18ClN3O4. The molecule has 0 bridgehead atoms. The molecule has 2 N–H and O–H groups in total. The summed E-state index contributed by atoms with van der Waals surface area (Å²) >= 11 is 5.74. The van der Waals surface area contributed by atoms with E-state index in [-0.39, 0.29) is 31.9 Å². The van der Waals surface area contributed by atoms with Gasteiger partial charge in [0.2, 0.25) is 0 Å². The molecular weight excluding hydrogens is 334 g/mol. The lowest BCUT2D eigenvalue weighted by Crippen LogP contribution is -2.29. The van der Waals surface area contributed by atoms with Crippen LogP contribution in [0.2, 0.25) is 5.02 Å². The summed E-state index contributed by atoms with van der Waals surface area (Å²) in [6.45, 7) is 0.163. The molecule has 24 heavy (non-hydrogen) atoms. The van der Waals surface area contributed by atoms with Crippen LogP contribution in [-0.4, -0.2) is 37.5 Å². The highest BCUT2D eigenvalue weighted by molar-refractivity contribution is 6.30. The summed E-state index contributed by atoms with van der Waals surface area (Å²) < 4.78 is 4.78. The van der Waals surface area contributed by atoms with Crippen molar-refractivity contribution < 1.29 is 19.1 Å². The zero-order chi connectivity index (χ0) is 17.8. The Morgan fingerprint density at radius 2 is 1.83 bits per heavy atom. The zero-order valence-electron chi connectivity index (χ0n) is 13.0. The van der Waals surface area contributed by atoms with Crippen LogP contribution < -0.4 is 10.6 Å². The van der Waals surface area contributed by atoms with E-state index in [0.29, 0.717) is 23.6 Å². The molecule has 0 aliphatic carbocycles. The van der Waals surface area contributed by atoms with Crippen molar-refractivity contribution in [2.45, 2.75) is 19.3 Å². The quantitative estimate of drug-likeness (QED) is 0.516. The summed E-state index contributed by atoms with van der Waals surface area (Å²) in [5.41, 5.74) is 0.482. The van der Waals surface area contributed by atoms with Gasteiger partial charge in [-0.05, 0) is 30.7 Å². The summed E-state index contributed by atoms with van der Waals surface area (Å²) in [4.78, 5) is 34.5. The molecule has 0 aliphatic rings. The van der Waals surface area contributed by atoms with Crippen molar-refractivity contribution in [2.24, 2.45) is 0 Å². The Morgan fingerprint density at radius 3 is 2.50 bits per heavy atom. The SMILES string of the molecule is N#CCCNC(=O)COC(=O)CCCNC(=O)c1ccc(Cl)cc1. The lowest BCUT2D eigenvalue weighted by Gasteiger charge is -2.06. The van der Waals surface area contributed by atoms with Crippen LogP contribution >= 0.6 is 11.6 Å². The Bertz CT molecular complexity index is 611. The maximum absolute atomic E-state index is 11.8. The Morgan fingerprint density at radius 1 is 1.12 bits per heavy atom. The Hall–Kier alpha value is -2.59. The fraction of sp³-hybridized carbons (Fsp3) is 0.375. The van der Waals surface area contributed by atoms with E-state index in [2.05, 4.69) is 10.6 Å². The first-order chi connectivity index (χ1) is 11.5. The van der Waals surface area contributed by atoms with Crippen LogP contribution in [0.4, 0.5) is 0 Å². The number of nitriles is 1. The van der Waals surface area contributed by atoms with Gasteiger partial charge in [-0.15, -0.1) is 0 Å². The van der Waals surface area contributed by atoms with Gasteiger partial charge in [-0.1, -0.05) is 11.6 Å². The molecule has 0 atom stereocenters. The minimum atomic E-state index is -0.522.